The van der Waals surface area contributed by atoms with Crippen LogP contribution in [0.15, 0.2) is 24.3 Å². The molecule has 68 valence electrons. The van der Waals surface area contributed by atoms with Gasteiger partial charge in [-0.05, 0) is 12.5 Å². The third-order valence-corrected chi connectivity index (χ3v) is 1.94. The minimum atomic E-state index is -0.0649. The second-order valence-electron chi connectivity index (χ2n) is 3.00. The van der Waals surface area contributed by atoms with Gasteiger partial charge >= 0.3 is 0 Å². The Hall–Kier alpha value is -1.37. The molecule has 1 aromatic rings. The van der Waals surface area contributed by atoms with Gasteiger partial charge in [0.2, 0.25) is 0 Å². The lowest BCUT2D eigenvalue weighted by molar-refractivity contribution is 0.565. The van der Waals surface area contributed by atoms with Crippen molar-refractivity contribution in [3.05, 3.63) is 35.4 Å². The molecule has 3 N–H and O–H groups in total. The van der Waals surface area contributed by atoms with E-state index in [1.165, 1.54) is 5.56 Å². The van der Waals surface area contributed by atoms with E-state index in [-0.39, 0.29) is 6.04 Å². The molecule has 0 aliphatic carbocycles. The van der Waals surface area contributed by atoms with Crippen molar-refractivity contribution in [1.82, 2.24) is 5.43 Å². The van der Waals surface area contributed by atoms with Gasteiger partial charge < -0.3 is 0 Å². The van der Waals surface area contributed by atoms with Crippen LogP contribution in [0.25, 0.3) is 0 Å². The van der Waals surface area contributed by atoms with Gasteiger partial charge in [0.15, 0.2) is 0 Å². The first-order chi connectivity index (χ1) is 6.27. The van der Waals surface area contributed by atoms with Crippen LogP contribution in [-0.2, 0) is 0 Å². The molecule has 0 amide bonds. The van der Waals surface area contributed by atoms with E-state index in [9.17, 15) is 0 Å². The van der Waals surface area contributed by atoms with Gasteiger partial charge in [-0.3, -0.25) is 11.3 Å². The zero-order valence-corrected chi connectivity index (χ0v) is 7.62. The zero-order chi connectivity index (χ0) is 9.68. The second kappa shape index (κ2) is 4.61. The minimum absolute atomic E-state index is 0.0649. The van der Waals surface area contributed by atoms with Crippen molar-refractivity contribution in [2.75, 3.05) is 0 Å². The molecule has 0 aliphatic rings. The SMILES string of the molecule is Cc1cccc(C(CC#N)NN)c1. The van der Waals surface area contributed by atoms with Gasteiger partial charge in [0, 0.05) is 0 Å². The molecule has 0 spiro atoms. The van der Waals surface area contributed by atoms with Gasteiger partial charge in [0.1, 0.15) is 0 Å². The maximum absolute atomic E-state index is 8.55. The number of benzene rings is 1. The van der Waals surface area contributed by atoms with E-state index in [2.05, 4.69) is 11.5 Å². The van der Waals surface area contributed by atoms with Crippen LogP contribution >= 0.6 is 0 Å². The lowest BCUT2D eigenvalue weighted by atomic mass is 10.0. The van der Waals surface area contributed by atoms with Crippen molar-refractivity contribution >= 4 is 0 Å². The van der Waals surface area contributed by atoms with Crippen LogP contribution in [0.4, 0.5) is 0 Å². The lowest BCUT2D eigenvalue weighted by Crippen LogP contribution is -2.27. The number of aryl methyl sites for hydroxylation is 1. The van der Waals surface area contributed by atoms with Gasteiger partial charge in [-0.1, -0.05) is 29.8 Å². The summed E-state index contributed by atoms with van der Waals surface area (Å²) in [5, 5.41) is 8.55. The molecule has 0 heterocycles. The maximum Gasteiger partial charge on any atom is 0.0642 e. The van der Waals surface area contributed by atoms with Gasteiger partial charge in [0.25, 0.3) is 0 Å². The minimum Gasteiger partial charge on any atom is -0.271 e. The molecule has 13 heavy (non-hydrogen) atoms. The van der Waals surface area contributed by atoms with Crippen molar-refractivity contribution in [3.63, 3.8) is 0 Å². The van der Waals surface area contributed by atoms with Crippen molar-refractivity contribution in [2.45, 2.75) is 19.4 Å². The largest absolute Gasteiger partial charge is 0.271 e. The number of nitrogens with one attached hydrogen (secondary N) is 1. The Morgan fingerprint density at radius 2 is 2.38 bits per heavy atom. The Morgan fingerprint density at radius 1 is 1.62 bits per heavy atom. The Labute approximate surface area is 78.1 Å². The fourth-order valence-electron chi connectivity index (χ4n) is 1.25. The summed E-state index contributed by atoms with van der Waals surface area (Å²) in [5.74, 6) is 5.34. The molecule has 0 radical (unpaired) electrons. The quantitative estimate of drug-likeness (QED) is 0.539. The summed E-state index contributed by atoms with van der Waals surface area (Å²) in [5.41, 5.74) is 4.86. The fourth-order valence-corrected chi connectivity index (χ4v) is 1.25. The third kappa shape index (κ3) is 2.55. The number of nitrogens with two attached hydrogens (primary N) is 1. The summed E-state index contributed by atoms with van der Waals surface area (Å²) >= 11 is 0. The average Bonchev–Trinajstić information content (AvgIpc) is 2.14. The highest BCUT2D eigenvalue weighted by molar-refractivity contribution is 5.25. The highest BCUT2D eigenvalue weighted by atomic mass is 15.2. The van der Waals surface area contributed by atoms with E-state index in [4.69, 9.17) is 11.1 Å². The fraction of sp³-hybridized carbons (Fsp3) is 0.300. The summed E-state index contributed by atoms with van der Waals surface area (Å²) in [6, 6.07) is 10.0. The smallest absolute Gasteiger partial charge is 0.0642 e. The molecule has 1 unspecified atom stereocenters. The first-order valence-corrected chi connectivity index (χ1v) is 4.17. The Bertz CT molecular complexity index is 314. The summed E-state index contributed by atoms with van der Waals surface area (Å²) in [7, 11) is 0. The first-order valence-electron chi connectivity index (χ1n) is 4.17. The molecule has 0 fully saturated rings. The van der Waals surface area contributed by atoms with Crippen LogP contribution in [0, 0.1) is 18.3 Å². The van der Waals surface area contributed by atoms with Crippen LogP contribution in [0.2, 0.25) is 0 Å². The summed E-state index contributed by atoms with van der Waals surface area (Å²) < 4.78 is 0. The van der Waals surface area contributed by atoms with Crippen LogP contribution < -0.4 is 11.3 Å². The number of nitrogens with zero attached hydrogens (tertiary/aromatic N) is 1. The monoisotopic (exact) mass is 175 g/mol. The molecular weight excluding hydrogens is 162 g/mol. The number of rotatable bonds is 3. The van der Waals surface area contributed by atoms with E-state index >= 15 is 0 Å². The number of hydrogen-bond acceptors (Lipinski definition) is 3. The van der Waals surface area contributed by atoms with E-state index < -0.39 is 0 Å². The molecule has 0 bridgehead atoms. The highest BCUT2D eigenvalue weighted by Crippen LogP contribution is 2.16. The summed E-state index contributed by atoms with van der Waals surface area (Å²) in [4.78, 5) is 0. The molecule has 1 rings (SSSR count). The Morgan fingerprint density at radius 3 is 2.92 bits per heavy atom. The molecule has 1 aromatic carbocycles. The Balaban J connectivity index is 2.86. The number of hydrazine groups is 1. The molecular formula is C10H13N3. The van der Waals surface area contributed by atoms with Crippen molar-refractivity contribution in [1.29, 1.82) is 5.26 Å². The van der Waals surface area contributed by atoms with Gasteiger partial charge in [-0.15, -0.1) is 0 Å². The van der Waals surface area contributed by atoms with E-state index in [0.29, 0.717) is 6.42 Å². The molecule has 3 heteroatoms. The molecule has 1 atom stereocenters. The molecule has 0 aromatic heterocycles. The van der Waals surface area contributed by atoms with Crippen molar-refractivity contribution < 1.29 is 0 Å². The molecule has 3 nitrogen and oxygen atoms in total. The number of nitriles is 1. The van der Waals surface area contributed by atoms with Gasteiger partial charge in [-0.25, -0.2) is 0 Å². The van der Waals surface area contributed by atoms with Crippen molar-refractivity contribution in [2.24, 2.45) is 5.84 Å². The van der Waals surface area contributed by atoms with Crippen molar-refractivity contribution in [3.8, 4) is 6.07 Å². The average molecular weight is 175 g/mol. The number of hydrogen-bond donors (Lipinski definition) is 2. The first kappa shape index (κ1) is 9.72. The standard InChI is InChI=1S/C10H13N3/c1-8-3-2-4-9(7-8)10(13-12)5-6-11/h2-4,7,10,13H,5,12H2,1H3. The van der Waals surface area contributed by atoms with Crippen LogP contribution in [0.5, 0.6) is 0 Å². The third-order valence-electron chi connectivity index (χ3n) is 1.94. The molecule has 0 aliphatic heterocycles. The van der Waals surface area contributed by atoms with Crippen LogP contribution in [-0.4, -0.2) is 0 Å². The lowest BCUT2D eigenvalue weighted by Gasteiger charge is -2.12. The van der Waals surface area contributed by atoms with Crippen LogP contribution in [0.1, 0.15) is 23.6 Å². The molecule has 0 saturated carbocycles. The zero-order valence-electron chi connectivity index (χ0n) is 7.62. The predicted octanol–water partition coefficient (Wildman–Crippen LogP) is 1.41. The summed E-state index contributed by atoms with van der Waals surface area (Å²) in [6.45, 7) is 2.02. The van der Waals surface area contributed by atoms with Crippen LogP contribution in [0.3, 0.4) is 0 Å². The normalized spacial score (nSPS) is 12.1. The topological polar surface area (TPSA) is 61.8 Å². The van der Waals surface area contributed by atoms with E-state index in [0.717, 1.165) is 5.56 Å². The molecule has 0 saturated heterocycles. The second-order valence-corrected chi connectivity index (χ2v) is 3.00. The van der Waals surface area contributed by atoms with E-state index in [1.807, 2.05) is 31.2 Å². The predicted molar refractivity (Wildman–Crippen MR) is 51.5 cm³/mol. The van der Waals surface area contributed by atoms with Gasteiger partial charge in [0.05, 0.1) is 18.5 Å². The van der Waals surface area contributed by atoms with Gasteiger partial charge in [-0.2, -0.15) is 5.26 Å². The maximum atomic E-state index is 8.55. The highest BCUT2D eigenvalue weighted by Gasteiger charge is 2.07. The summed E-state index contributed by atoms with van der Waals surface area (Å²) in [6.07, 6.45) is 0.389. The van der Waals surface area contributed by atoms with E-state index in [1.54, 1.807) is 0 Å². The Kier molecular flexibility index (Phi) is 3.44.